The largest absolute Gasteiger partial charge is 0.366 e. The van der Waals surface area contributed by atoms with Crippen molar-refractivity contribution in [3.63, 3.8) is 0 Å². The van der Waals surface area contributed by atoms with Crippen LogP contribution in [0.5, 0.6) is 0 Å². The number of aryl methyl sites for hydroxylation is 1. The van der Waals surface area contributed by atoms with Crippen LogP contribution in [0.1, 0.15) is 5.56 Å². The lowest BCUT2D eigenvalue weighted by Crippen LogP contribution is -2.49. The summed E-state index contributed by atoms with van der Waals surface area (Å²) in [5.41, 5.74) is 2.86. The molecule has 5 rings (SSSR count). The molecule has 2 aromatic carbocycles. The summed E-state index contributed by atoms with van der Waals surface area (Å²) >= 11 is 2.64. The van der Waals surface area contributed by atoms with Gasteiger partial charge in [-0.05, 0) is 48.2 Å². The van der Waals surface area contributed by atoms with Gasteiger partial charge in [-0.2, -0.15) is 0 Å². The highest BCUT2D eigenvalue weighted by Crippen LogP contribution is 2.25. The van der Waals surface area contributed by atoms with Crippen LogP contribution in [-0.4, -0.2) is 52.3 Å². The van der Waals surface area contributed by atoms with Crippen LogP contribution in [0.15, 0.2) is 69.9 Å². The Morgan fingerprint density at radius 3 is 2.65 bits per heavy atom. The molecule has 3 heterocycles. The number of thiophene rings is 1. The summed E-state index contributed by atoms with van der Waals surface area (Å²) in [5.74, 6) is -0.0939. The Morgan fingerprint density at radius 2 is 1.88 bits per heavy atom. The number of para-hydroxylation sites is 1. The summed E-state index contributed by atoms with van der Waals surface area (Å²) < 4.78 is 16.3. The molecule has 0 radical (unpaired) electrons. The van der Waals surface area contributed by atoms with Gasteiger partial charge in [-0.3, -0.25) is 14.2 Å². The van der Waals surface area contributed by atoms with Gasteiger partial charge in [-0.15, -0.1) is 11.3 Å². The number of carbonyl (C=O) groups is 1. The molecule has 0 spiro atoms. The molecule has 0 unspecified atom stereocenters. The Labute approximate surface area is 204 Å². The Hall–Kier alpha value is -3.17. The molecule has 1 amide bonds. The highest BCUT2D eigenvalue weighted by atomic mass is 32.2. The van der Waals surface area contributed by atoms with Gasteiger partial charge in [0.2, 0.25) is 5.91 Å². The standard InChI is InChI=1S/C25H23FN4O2S2/c1-17-5-4-6-18(15-17)30-24(32)23-20(9-14-33-23)27-25(30)34-16-22(31)29-12-10-28(11-13-29)21-8-3-2-7-19(21)26/h2-9,14-15H,10-13,16H2,1H3. The molecule has 0 aliphatic carbocycles. The van der Waals surface area contributed by atoms with Gasteiger partial charge in [0.1, 0.15) is 10.5 Å². The molecule has 0 atom stereocenters. The number of fused-ring (bicyclic) bond motifs is 1. The SMILES string of the molecule is Cc1cccc(-n2c(SCC(=O)N3CCN(c4ccccc4F)CC3)nc3ccsc3c2=O)c1. The minimum Gasteiger partial charge on any atom is -0.366 e. The van der Waals surface area contributed by atoms with Crippen molar-refractivity contribution in [2.45, 2.75) is 12.1 Å². The van der Waals surface area contributed by atoms with Gasteiger partial charge >= 0.3 is 0 Å². The van der Waals surface area contributed by atoms with E-state index in [0.29, 0.717) is 47.2 Å². The summed E-state index contributed by atoms with van der Waals surface area (Å²) in [6.07, 6.45) is 0. The first kappa shape index (κ1) is 22.6. The van der Waals surface area contributed by atoms with Crippen molar-refractivity contribution in [1.82, 2.24) is 14.5 Å². The zero-order valence-electron chi connectivity index (χ0n) is 18.6. The molecule has 1 aliphatic heterocycles. The summed E-state index contributed by atoms with van der Waals surface area (Å²) in [7, 11) is 0. The number of anilines is 1. The van der Waals surface area contributed by atoms with Crippen LogP contribution in [0, 0.1) is 12.7 Å². The summed E-state index contributed by atoms with van der Waals surface area (Å²) in [6, 6.07) is 16.2. The van der Waals surface area contributed by atoms with Gasteiger partial charge in [0.25, 0.3) is 5.56 Å². The Balaban J connectivity index is 1.32. The number of piperazine rings is 1. The van der Waals surface area contributed by atoms with Gasteiger partial charge < -0.3 is 9.80 Å². The first-order chi connectivity index (χ1) is 16.5. The molecule has 4 aromatic rings. The maximum atomic E-state index is 14.1. The summed E-state index contributed by atoms with van der Waals surface area (Å²) in [4.78, 5) is 34.7. The van der Waals surface area contributed by atoms with Gasteiger partial charge in [0, 0.05) is 26.2 Å². The first-order valence-corrected chi connectivity index (χ1v) is 12.8. The minimum absolute atomic E-state index is 0.0198. The van der Waals surface area contributed by atoms with Crippen LogP contribution in [0.2, 0.25) is 0 Å². The van der Waals surface area contributed by atoms with Gasteiger partial charge in [0.05, 0.1) is 22.6 Å². The Morgan fingerprint density at radius 1 is 1.09 bits per heavy atom. The van der Waals surface area contributed by atoms with Gasteiger partial charge in [-0.1, -0.05) is 36.0 Å². The van der Waals surface area contributed by atoms with Crippen LogP contribution < -0.4 is 10.5 Å². The fourth-order valence-corrected chi connectivity index (χ4v) is 5.78. The third kappa shape index (κ3) is 4.45. The third-order valence-electron chi connectivity index (χ3n) is 5.86. The van der Waals surface area contributed by atoms with Crippen LogP contribution in [0.3, 0.4) is 0 Å². The number of hydrogen-bond acceptors (Lipinski definition) is 6. The number of halogens is 1. The average Bonchev–Trinajstić information content (AvgIpc) is 3.32. The fraction of sp³-hybridized carbons (Fsp3) is 0.240. The molecule has 6 nitrogen and oxygen atoms in total. The van der Waals surface area contributed by atoms with Crippen LogP contribution >= 0.6 is 23.1 Å². The van der Waals surface area contributed by atoms with Crippen LogP contribution in [0.25, 0.3) is 15.9 Å². The number of rotatable bonds is 5. The Bertz CT molecular complexity index is 1410. The lowest BCUT2D eigenvalue weighted by molar-refractivity contribution is -0.128. The molecule has 1 saturated heterocycles. The number of carbonyl (C=O) groups excluding carboxylic acids is 1. The normalized spacial score (nSPS) is 14.1. The predicted molar refractivity (Wildman–Crippen MR) is 136 cm³/mol. The monoisotopic (exact) mass is 494 g/mol. The topological polar surface area (TPSA) is 58.4 Å². The van der Waals surface area contributed by atoms with E-state index in [4.69, 9.17) is 4.98 Å². The fourth-order valence-electron chi connectivity index (χ4n) is 4.11. The second-order valence-electron chi connectivity index (χ2n) is 8.12. The van der Waals surface area contributed by atoms with E-state index in [-0.39, 0.29) is 23.0 Å². The molecule has 9 heteroatoms. The number of aromatic nitrogens is 2. The molecule has 1 aliphatic rings. The van der Waals surface area contributed by atoms with Crippen molar-refractivity contribution in [2.75, 3.05) is 36.8 Å². The number of benzene rings is 2. The number of nitrogens with zero attached hydrogens (tertiary/aromatic N) is 4. The maximum absolute atomic E-state index is 14.1. The van der Waals surface area contributed by atoms with E-state index in [1.54, 1.807) is 21.6 Å². The van der Waals surface area contributed by atoms with Crippen LogP contribution in [0.4, 0.5) is 10.1 Å². The lowest BCUT2D eigenvalue weighted by atomic mass is 10.2. The number of hydrogen-bond donors (Lipinski definition) is 0. The Kier molecular flexibility index (Phi) is 6.38. The summed E-state index contributed by atoms with van der Waals surface area (Å²) in [6.45, 7) is 4.17. The smallest absolute Gasteiger partial charge is 0.276 e. The van der Waals surface area contributed by atoms with Gasteiger partial charge in [-0.25, -0.2) is 9.37 Å². The first-order valence-electron chi connectivity index (χ1n) is 11.0. The number of thioether (sulfide) groups is 1. The van der Waals surface area contributed by atoms with E-state index in [1.807, 2.05) is 53.6 Å². The van der Waals surface area contributed by atoms with E-state index in [0.717, 1.165) is 11.3 Å². The van der Waals surface area contributed by atoms with Crippen molar-refractivity contribution < 1.29 is 9.18 Å². The molecule has 0 N–H and O–H groups in total. The quantitative estimate of drug-likeness (QED) is 0.305. The molecular weight excluding hydrogens is 471 g/mol. The van der Waals surface area contributed by atoms with E-state index < -0.39 is 0 Å². The second kappa shape index (κ2) is 9.60. The zero-order valence-corrected chi connectivity index (χ0v) is 20.2. The third-order valence-corrected chi connectivity index (χ3v) is 7.67. The van der Waals surface area contributed by atoms with Crippen molar-refractivity contribution in [1.29, 1.82) is 0 Å². The minimum atomic E-state index is -0.248. The van der Waals surface area contributed by atoms with Crippen molar-refractivity contribution >= 4 is 44.9 Å². The van der Waals surface area contributed by atoms with Crippen molar-refractivity contribution in [3.05, 3.63) is 81.7 Å². The molecule has 2 aromatic heterocycles. The van der Waals surface area contributed by atoms with E-state index >= 15 is 0 Å². The molecule has 0 saturated carbocycles. The molecule has 174 valence electrons. The van der Waals surface area contributed by atoms with E-state index in [9.17, 15) is 14.0 Å². The average molecular weight is 495 g/mol. The number of amides is 1. The van der Waals surface area contributed by atoms with Crippen LogP contribution in [-0.2, 0) is 4.79 Å². The molecular formula is C25H23FN4O2S2. The summed E-state index contributed by atoms with van der Waals surface area (Å²) in [5, 5.41) is 2.36. The zero-order chi connectivity index (χ0) is 23.7. The highest BCUT2D eigenvalue weighted by molar-refractivity contribution is 7.99. The predicted octanol–water partition coefficient (Wildman–Crippen LogP) is 4.34. The van der Waals surface area contributed by atoms with Crippen molar-refractivity contribution in [2.24, 2.45) is 0 Å². The molecule has 1 fully saturated rings. The van der Waals surface area contributed by atoms with Gasteiger partial charge in [0.15, 0.2) is 5.16 Å². The van der Waals surface area contributed by atoms with E-state index in [1.165, 1.54) is 29.2 Å². The molecule has 34 heavy (non-hydrogen) atoms. The maximum Gasteiger partial charge on any atom is 0.276 e. The second-order valence-corrected chi connectivity index (χ2v) is 9.98. The molecule has 0 bridgehead atoms. The highest BCUT2D eigenvalue weighted by Gasteiger charge is 2.24. The lowest BCUT2D eigenvalue weighted by Gasteiger charge is -2.36. The van der Waals surface area contributed by atoms with Crippen molar-refractivity contribution in [3.8, 4) is 5.69 Å². The van der Waals surface area contributed by atoms with E-state index in [2.05, 4.69) is 0 Å².